The Morgan fingerprint density at radius 3 is 2.04 bits per heavy atom. The number of nitrogens with one attached hydrogen (secondary N) is 1. The third-order valence-electron chi connectivity index (χ3n) is 4.57. The van der Waals surface area contributed by atoms with Crippen LogP contribution in [0.5, 0.6) is 0 Å². The van der Waals surface area contributed by atoms with Crippen molar-refractivity contribution < 1.29 is 23.9 Å². The van der Waals surface area contributed by atoms with E-state index in [0.717, 1.165) is 0 Å². The second kappa shape index (κ2) is 9.15. The van der Waals surface area contributed by atoms with E-state index in [2.05, 4.69) is 5.32 Å². The summed E-state index contributed by atoms with van der Waals surface area (Å²) in [7, 11) is 1.32. The third-order valence-corrected chi connectivity index (χ3v) is 7.65. The zero-order valence-corrected chi connectivity index (χ0v) is 20.0. The largest absolute Gasteiger partial charge is 0.467 e. The van der Waals surface area contributed by atoms with E-state index in [0.29, 0.717) is 13.0 Å². The number of alkyl carbamates (subject to hydrolysis) is 1. The highest BCUT2D eigenvalue weighted by atomic mass is 32.2. The zero-order valence-electron chi connectivity index (χ0n) is 18.4. The number of carbonyl (C=O) groups is 3. The lowest BCUT2D eigenvalue weighted by atomic mass is 9.85. The van der Waals surface area contributed by atoms with Crippen LogP contribution in [0, 0.1) is 5.41 Å². The zero-order chi connectivity index (χ0) is 21.9. The average molecular weight is 435 g/mol. The first-order valence-electron chi connectivity index (χ1n) is 9.18. The Morgan fingerprint density at radius 2 is 1.64 bits per heavy atom. The molecule has 7 nitrogen and oxygen atoms in total. The van der Waals surface area contributed by atoms with E-state index in [4.69, 9.17) is 9.47 Å². The molecule has 0 saturated carbocycles. The monoisotopic (exact) mass is 434 g/mol. The van der Waals surface area contributed by atoms with E-state index >= 15 is 0 Å². The van der Waals surface area contributed by atoms with Crippen LogP contribution in [-0.4, -0.2) is 70.8 Å². The van der Waals surface area contributed by atoms with Gasteiger partial charge in [0.25, 0.3) is 0 Å². The van der Waals surface area contributed by atoms with E-state index in [1.807, 2.05) is 33.3 Å². The Morgan fingerprint density at radius 1 is 1.11 bits per heavy atom. The maximum absolute atomic E-state index is 13.5. The molecular formula is C19H34N2O5S2. The molecule has 2 amide bonds. The fourth-order valence-corrected chi connectivity index (χ4v) is 4.89. The van der Waals surface area contributed by atoms with Crippen LogP contribution >= 0.6 is 23.5 Å². The number of thioether (sulfide) groups is 2. The highest BCUT2D eigenvalue weighted by Crippen LogP contribution is 2.45. The van der Waals surface area contributed by atoms with Gasteiger partial charge in [0.1, 0.15) is 17.7 Å². The number of nitrogens with zero attached hydrogens (tertiary/aromatic N) is 1. The smallest absolute Gasteiger partial charge is 0.408 e. The Hall–Kier alpha value is -1.09. The number of amides is 2. The second-order valence-electron chi connectivity index (χ2n) is 8.97. The van der Waals surface area contributed by atoms with Crippen LogP contribution in [0.1, 0.15) is 48.0 Å². The van der Waals surface area contributed by atoms with Crippen LogP contribution in [0.2, 0.25) is 0 Å². The molecule has 0 aromatic heterocycles. The first kappa shape index (κ1) is 24.9. The molecule has 1 saturated heterocycles. The molecule has 0 aromatic rings. The lowest BCUT2D eigenvalue weighted by molar-refractivity contribution is -0.152. The Balaban J connectivity index is 3.18. The van der Waals surface area contributed by atoms with Crippen molar-refractivity contribution in [3.05, 3.63) is 0 Å². The number of rotatable bonds is 5. The van der Waals surface area contributed by atoms with Crippen molar-refractivity contribution in [3.8, 4) is 0 Å². The Bertz CT molecular complexity index is 594. The molecule has 1 N–H and O–H groups in total. The van der Waals surface area contributed by atoms with Gasteiger partial charge >= 0.3 is 12.1 Å². The molecule has 28 heavy (non-hydrogen) atoms. The molecule has 1 aliphatic heterocycles. The molecule has 1 aliphatic rings. The average Bonchev–Trinajstić information content (AvgIpc) is 2.96. The number of ether oxygens (including phenoxy) is 2. The fraction of sp³-hybridized carbons (Fsp3) is 0.842. The van der Waals surface area contributed by atoms with Crippen LogP contribution in [0.4, 0.5) is 4.79 Å². The summed E-state index contributed by atoms with van der Waals surface area (Å²) in [6.45, 7) is 11.3. The highest BCUT2D eigenvalue weighted by molar-refractivity contribution is 8.17. The predicted octanol–water partition coefficient (Wildman–Crippen LogP) is 3.12. The molecule has 2 atom stereocenters. The molecule has 0 spiro atoms. The van der Waals surface area contributed by atoms with Crippen molar-refractivity contribution >= 4 is 41.5 Å². The van der Waals surface area contributed by atoms with Crippen molar-refractivity contribution in [1.82, 2.24) is 10.2 Å². The summed E-state index contributed by atoms with van der Waals surface area (Å²) < 4.78 is 9.99. The van der Waals surface area contributed by atoms with Crippen LogP contribution in [0.25, 0.3) is 0 Å². The SMILES string of the molecule is COC(=O)[C@@H]1CC(SC)(SC)CN1C(=O)C(NC(=O)OC(C)(C)C)C(C)(C)C. The minimum Gasteiger partial charge on any atom is -0.467 e. The summed E-state index contributed by atoms with van der Waals surface area (Å²) in [6, 6.07) is -1.52. The van der Waals surface area contributed by atoms with E-state index < -0.39 is 35.2 Å². The number of hydrogen-bond acceptors (Lipinski definition) is 7. The first-order valence-corrected chi connectivity index (χ1v) is 11.6. The standard InChI is InChI=1S/C19H34N2O5S2/c1-17(2,3)13(20-16(24)26-18(4,5)6)14(22)21-11-19(27-8,28-9)10-12(21)15(23)25-7/h12-13H,10-11H2,1-9H3,(H,20,24)/t12-,13?/m0/s1. The van der Waals surface area contributed by atoms with Crippen LogP contribution in [0.15, 0.2) is 0 Å². The van der Waals surface area contributed by atoms with Gasteiger partial charge in [0.05, 0.1) is 11.2 Å². The maximum atomic E-state index is 13.5. The second-order valence-corrected chi connectivity index (χ2v) is 11.6. The van der Waals surface area contributed by atoms with Crippen molar-refractivity contribution in [2.45, 2.75) is 69.7 Å². The van der Waals surface area contributed by atoms with E-state index in [1.165, 1.54) is 7.11 Å². The van der Waals surface area contributed by atoms with Gasteiger partial charge in [-0.05, 0) is 38.7 Å². The third kappa shape index (κ3) is 6.20. The Labute approximate surface area is 177 Å². The highest BCUT2D eigenvalue weighted by Gasteiger charge is 2.51. The number of likely N-dealkylation sites (tertiary alicyclic amines) is 1. The van der Waals surface area contributed by atoms with Crippen molar-refractivity contribution in [2.75, 3.05) is 26.2 Å². The van der Waals surface area contributed by atoms with Gasteiger partial charge in [-0.25, -0.2) is 9.59 Å². The molecule has 0 aromatic carbocycles. The minimum absolute atomic E-state index is 0.289. The predicted molar refractivity (Wildman–Crippen MR) is 115 cm³/mol. The van der Waals surface area contributed by atoms with Gasteiger partial charge in [0.15, 0.2) is 0 Å². The summed E-state index contributed by atoms with van der Waals surface area (Å²) >= 11 is 3.25. The number of carbonyl (C=O) groups excluding carboxylic acids is 3. The molecule has 0 radical (unpaired) electrons. The summed E-state index contributed by atoms with van der Waals surface area (Å²) in [5.74, 6) is -0.748. The van der Waals surface area contributed by atoms with Crippen LogP contribution in [-0.2, 0) is 19.1 Å². The number of esters is 1. The maximum Gasteiger partial charge on any atom is 0.408 e. The van der Waals surface area contributed by atoms with Gasteiger partial charge in [-0.15, -0.1) is 23.5 Å². The van der Waals surface area contributed by atoms with Gasteiger partial charge in [-0.2, -0.15) is 0 Å². The lowest BCUT2D eigenvalue weighted by Gasteiger charge is -2.35. The van der Waals surface area contributed by atoms with Gasteiger partial charge in [-0.1, -0.05) is 20.8 Å². The summed E-state index contributed by atoms with van der Waals surface area (Å²) in [5.41, 5.74) is -1.25. The topological polar surface area (TPSA) is 84.9 Å². The molecule has 1 heterocycles. The quantitative estimate of drug-likeness (QED) is 0.526. The van der Waals surface area contributed by atoms with Crippen LogP contribution in [0.3, 0.4) is 0 Å². The number of methoxy groups -OCH3 is 1. The van der Waals surface area contributed by atoms with Gasteiger partial charge in [-0.3, -0.25) is 4.79 Å². The van der Waals surface area contributed by atoms with Crippen molar-refractivity contribution in [2.24, 2.45) is 5.41 Å². The summed E-state index contributed by atoms with van der Waals surface area (Å²) in [4.78, 5) is 39.7. The molecule has 1 rings (SSSR count). The summed E-state index contributed by atoms with van der Waals surface area (Å²) in [6.07, 6.45) is 3.78. The van der Waals surface area contributed by atoms with E-state index in [1.54, 1.807) is 49.2 Å². The Kier molecular flexibility index (Phi) is 8.16. The fourth-order valence-electron chi connectivity index (χ4n) is 3.04. The minimum atomic E-state index is -0.839. The molecule has 162 valence electrons. The molecule has 1 fully saturated rings. The van der Waals surface area contributed by atoms with E-state index in [9.17, 15) is 14.4 Å². The first-order chi connectivity index (χ1) is 12.7. The van der Waals surface area contributed by atoms with Gasteiger partial charge in [0.2, 0.25) is 5.91 Å². The van der Waals surface area contributed by atoms with E-state index in [-0.39, 0.29) is 9.99 Å². The number of hydrogen-bond donors (Lipinski definition) is 1. The van der Waals surface area contributed by atoms with Gasteiger partial charge < -0.3 is 19.7 Å². The lowest BCUT2D eigenvalue weighted by Crippen LogP contribution is -2.57. The summed E-state index contributed by atoms with van der Waals surface area (Å²) in [5, 5.41) is 2.71. The normalized spacial score (nSPS) is 20.5. The van der Waals surface area contributed by atoms with Crippen LogP contribution < -0.4 is 5.32 Å². The molecule has 1 unspecified atom stereocenters. The van der Waals surface area contributed by atoms with Crippen molar-refractivity contribution in [3.63, 3.8) is 0 Å². The van der Waals surface area contributed by atoms with Gasteiger partial charge in [0, 0.05) is 13.0 Å². The molecular weight excluding hydrogens is 400 g/mol. The molecule has 0 bridgehead atoms. The van der Waals surface area contributed by atoms with Crippen molar-refractivity contribution in [1.29, 1.82) is 0 Å². The molecule has 0 aliphatic carbocycles. The molecule has 9 heteroatoms.